The van der Waals surface area contributed by atoms with Crippen molar-refractivity contribution in [2.45, 2.75) is 0 Å². The fourth-order valence-electron chi connectivity index (χ4n) is 0.427. The van der Waals surface area contributed by atoms with Crippen molar-refractivity contribution < 1.29 is 10.9 Å². The largest absolute Gasteiger partial charge is 0.508 e. The predicted molar refractivity (Wildman–Crippen MR) is 28.1 cm³/mol. The van der Waals surface area contributed by atoms with Crippen LogP contribution in [-0.4, -0.2) is 5.11 Å². The highest BCUT2D eigenvalue weighted by Crippen LogP contribution is 2.07. The third-order valence-electron chi connectivity index (χ3n) is 0.748. The Kier molecular flexibility index (Phi) is 0.886. The summed E-state index contributed by atoms with van der Waals surface area (Å²) in [6, 6.07) is 3.17. The van der Waals surface area contributed by atoms with Crippen molar-refractivity contribution in [3.8, 4) is 5.75 Å². The van der Waals surface area contributed by atoms with Crippen LogP contribution in [0.4, 0.5) is 4.39 Å². The fourth-order valence-corrected chi connectivity index (χ4v) is 0.427. The van der Waals surface area contributed by atoms with Crippen molar-refractivity contribution in [3.63, 3.8) is 0 Å². The molecule has 0 aromatic heterocycles. The maximum atomic E-state index is 12.1. The number of hydrogen-bond acceptors (Lipinski definition) is 1. The highest BCUT2D eigenvalue weighted by molar-refractivity contribution is 5.20. The summed E-state index contributed by atoms with van der Waals surface area (Å²) >= 11 is 0. The lowest BCUT2D eigenvalue weighted by molar-refractivity contribution is 0.469. The van der Waals surface area contributed by atoms with Crippen LogP contribution in [0.1, 0.15) is 1.37 Å². The maximum absolute atomic E-state index is 12.1. The lowest BCUT2D eigenvalue weighted by atomic mass is 10.3. The summed E-state index contributed by atoms with van der Waals surface area (Å²) in [5.41, 5.74) is 0. The van der Waals surface area contributed by atoms with Gasteiger partial charge in [0.15, 0.2) is 0 Å². The molecule has 0 aliphatic carbocycles. The molecule has 0 heterocycles. The van der Waals surface area contributed by atoms with Crippen LogP contribution in [0, 0.1) is 5.82 Å². The molecule has 0 fully saturated rings. The zero-order valence-electron chi connectivity index (χ0n) is 5.06. The SMILES string of the molecule is [2H]c1ccc(F)cc1O. The van der Waals surface area contributed by atoms with Crippen LogP contribution in [0.2, 0.25) is 0 Å². The normalized spacial score (nSPS) is 10.9. The average molecular weight is 113 g/mol. The second-order valence-electron chi connectivity index (χ2n) is 1.39. The molecule has 1 rings (SSSR count). The van der Waals surface area contributed by atoms with Crippen molar-refractivity contribution in [2.24, 2.45) is 0 Å². The van der Waals surface area contributed by atoms with E-state index in [1.165, 1.54) is 6.07 Å². The van der Waals surface area contributed by atoms with Crippen molar-refractivity contribution in [3.05, 3.63) is 30.1 Å². The minimum atomic E-state index is -0.525. The predicted octanol–water partition coefficient (Wildman–Crippen LogP) is 1.53. The zero-order valence-corrected chi connectivity index (χ0v) is 4.06. The van der Waals surface area contributed by atoms with E-state index in [1.54, 1.807) is 0 Å². The van der Waals surface area contributed by atoms with E-state index in [0.717, 1.165) is 12.1 Å². The van der Waals surface area contributed by atoms with E-state index >= 15 is 0 Å². The van der Waals surface area contributed by atoms with Crippen LogP contribution in [0.3, 0.4) is 0 Å². The Bertz CT molecular complexity index is 224. The highest BCUT2D eigenvalue weighted by atomic mass is 19.1. The molecule has 0 amide bonds. The second-order valence-corrected chi connectivity index (χ2v) is 1.39. The number of rotatable bonds is 0. The molecule has 0 aliphatic heterocycles. The summed E-state index contributed by atoms with van der Waals surface area (Å²) in [6.07, 6.45) is 0. The van der Waals surface area contributed by atoms with Crippen molar-refractivity contribution in [1.82, 2.24) is 0 Å². The molecule has 42 valence electrons. The van der Waals surface area contributed by atoms with E-state index in [1.807, 2.05) is 0 Å². The third-order valence-corrected chi connectivity index (χ3v) is 0.748. The van der Waals surface area contributed by atoms with Crippen LogP contribution in [0.25, 0.3) is 0 Å². The van der Waals surface area contributed by atoms with Crippen LogP contribution in [0.5, 0.6) is 5.75 Å². The number of aromatic hydroxyl groups is 1. The van der Waals surface area contributed by atoms with Gasteiger partial charge in [-0.05, 0) is 12.1 Å². The topological polar surface area (TPSA) is 20.2 Å². The maximum Gasteiger partial charge on any atom is 0.126 e. The van der Waals surface area contributed by atoms with E-state index in [0.29, 0.717) is 0 Å². The lowest BCUT2D eigenvalue weighted by Crippen LogP contribution is -1.68. The first-order valence-corrected chi connectivity index (χ1v) is 2.15. The van der Waals surface area contributed by atoms with Gasteiger partial charge in [-0.25, -0.2) is 4.39 Å². The fraction of sp³-hybridized carbons (Fsp3) is 0. The summed E-state index contributed by atoms with van der Waals surface area (Å²) in [6.45, 7) is 0. The van der Waals surface area contributed by atoms with Crippen molar-refractivity contribution in [1.29, 1.82) is 0 Å². The number of hydrogen-bond donors (Lipinski definition) is 1. The van der Waals surface area contributed by atoms with Crippen molar-refractivity contribution >= 4 is 0 Å². The first kappa shape index (κ1) is 3.89. The van der Waals surface area contributed by atoms with Crippen LogP contribution >= 0.6 is 0 Å². The third kappa shape index (κ3) is 0.964. The Morgan fingerprint density at radius 3 is 3.00 bits per heavy atom. The minimum Gasteiger partial charge on any atom is -0.508 e. The van der Waals surface area contributed by atoms with Crippen molar-refractivity contribution in [2.75, 3.05) is 0 Å². The molecule has 1 aromatic rings. The molecule has 0 atom stereocenters. The van der Waals surface area contributed by atoms with Crippen LogP contribution in [-0.2, 0) is 0 Å². The van der Waals surface area contributed by atoms with Gasteiger partial charge in [-0.1, -0.05) is 6.07 Å². The van der Waals surface area contributed by atoms with Gasteiger partial charge in [0, 0.05) is 6.07 Å². The van der Waals surface area contributed by atoms with E-state index < -0.39 is 5.82 Å². The smallest absolute Gasteiger partial charge is 0.126 e. The molecule has 8 heavy (non-hydrogen) atoms. The summed E-state index contributed by atoms with van der Waals surface area (Å²) in [5, 5.41) is 8.67. The number of benzene rings is 1. The number of halogens is 1. The Balaban J connectivity index is 3.17. The molecule has 1 aromatic carbocycles. The minimum absolute atomic E-state index is 0.0589. The van der Waals surface area contributed by atoms with Gasteiger partial charge >= 0.3 is 0 Å². The van der Waals surface area contributed by atoms with Gasteiger partial charge in [-0.15, -0.1) is 0 Å². The second kappa shape index (κ2) is 1.82. The molecule has 0 spiro atoms. The zero-order chi connectivity index (χ0) is 6.85. The van der Waals surface area contributed by atoms with E-state index in [2.05, 4.69) is 0 Å². The molecule has 0 unspecified atom stereocenters. The molecular formula is C6H5FO. The summed E-state index contributed by atoms with van der Waals surface area (Å²) in [7, 11) is 0. The highest BCUT2D eigenvalue weighted by Gasteiger charge is 1.86. The average Bonchev–Trinajstić information content (AvgIpc) is 1.80. The van der Waals surface area contributed by atoms with E-state index in [9.17, 15) is 4.39 Å². The molecule has 0 aliphatic rings. The molecule has 1 N–H and O–H groups in total. The molecule has 0 bridgehead atoms. The summed E-state index contributed by atoms with van der Waals surface area (Å²) in [4.78, 5) is 0. The Labute approximate surface area is 47.8 Å². The Morgan fingerprint density at radius 2 is 2.50 bits per heavy atom. The number of phenols is 1. The van der Waals surface area contributed by atoms with Gasteiger partial charge < -0.3 is 5.11 Å². The first-order valence-electron chi connectivity index (χ1n) is 2.65. The molecule has 0 saturated heterocycles. The molecule has 2 heteroatoms. The van der Waals surface area contributed by atoms with Gasteiger partial charge in [-0.3, -0.25) is 0 Å². The van der Waals surface area contributed by atoms with E-state index in [-0.39, 0.29) is 11.8 Å². The standard InChI is InChI=1S/C6H5FO/c7-5-2-1-3-6(8)4-5/h1-4,8H/i3D. The van der Waals surface area contributed by atoms with Gasteiger partial charge in [0.1, 0.15) is 11.6 Å². The van der Waals surface area contributed by atoms with Crippen LogP contribution in [0.15, 0.2) is 24.2 Å². The molecule has 1 nitrogen and oxygen atoms in total. The quantitative estimate of drug-likeness (QED) is 0.541. The van der Waals surface area contributed by atoms with E-state index in [4.69, 9.17) is 6.48 Å². The molecule has 0 radical (unpaired) electrons. The summed E-state index contributed by atoms with van der Waals surface area (Å²) in [5.74, 6) is -0.849. The summed E-state index contributed by atoms with van der Waals surface area (Å²) < 4.78 is 19.0. The van der Waals surface area contributed by atoms with Gasteiger partial charge in [0.2, 0.25) is 0 Å². The number of phenolic OH excluding ortho intramolecular Hbond substituents is 1. The molecule has 0 saturated carbocycles. The van der Waals surface area contributed by atoms with Crippen LogP contribution < -0.4 is 0 Å². The molecular weight excluding hydrogens is 107 g/mol. The monoisotopic (exact) mass is 113 g/mol. The first-order chi connectivity index (χ1) is 4.20. The Hall–Kier alpha value is -1.05. The van der Waals surface area contributed by atoms with Gasteiger partial charge in [-0.2, -0.15) is 0 Å². The van der Waals surface area contributed by atoms with Gasteiger partial charge in [0.25, 0.3) is 0 Å². The lowest BCUT2D eigenvalue weighted by Gasteiger charge is -1.86. The Morgan fingerprint density at radius 1 is 1.75 bits per heavy atom. The van der Waals surface area contributed by atoms with Gasteiger partial charge in [0.05, 0.1) is 1.37 Å².